The Morgan fingerprint density at radius 3 is 2.70 bits per heavy atom. The average Bonchev–Trinajstić information content (AvgIpc) is 2.86. The summed E-state index contributed by atoms with van der Waals surface area (Å²) in [6, 6.07) is 9.77. The molecule has 0 unspecified atom stereocenters. The normalized spacial score (nSPS) is 10.5. The van der Waals surface area contributed by atoms with Gasteiger partial charge in [0.25, 0.3) is 5.91 Å². The molecule has 0 aliphatic rings. The van der Waals surface area contributed by atoms with Crippen LogP contribution in [0.5, 0.6) is 0 Å². The predicted molar refractivity (Wildman–Crippen MR) is 79.2 cm³/mol. The molecular formula is C15H20N4O. The molecule has 0 radical (unpaired) electrons. The van der Waals surface area contributed by atoms with Crippen molar-refractivity contribution in [2.45, 2.75) is 13.3 Å². The molecule has 0 fully saturated rings. The first-order valence-corrected chi connectivity index (χ1v) is 6.77. The van der Waals surface area contributed by atoms with E-state index in [1.807, 2.05) is 44.3 Å². The third-order valence-electron chi connectivity index (χ3n) is 3.05. The minimum atomic E-state index is -0.0687. The predicted octanol–water partition coefficient (Wildman–Crippen LogP) is 1.52. The van der Waals surface area contributed by atoms with E-state index in [1.165, 1.54) is 0 Å². The summed E-state index contributed by atoms with van der Waals surface area (Å²) in [5, 5.41) is 10.3. The molecule has 1 aromatic carbocycles. The van der Waals surface area contributed by atoms with E-state index < -0.39 is 0 Å². The topological polar surface area (TPSA) is 58.9 Å². The number of nitrogens with one attached hydrogen (secondary N) is 2. The van der Waals surface area contributed by atoms with Gasteiger partial charge in [-0.05, 0) is 39.1 Å². The van der Waals surface area contributed by atoms with Crippen molar-refractivity contribution < 1.29 is 4.79 Å². The van der Waals surface area contributed by atoms with Crippen LogP contribution in [-0.4, -0.2) is 35.8 Å². The van der Waals surface area contributed by atoms with Gasteiger partial charge in [-0.15, -0.1) is 0 Å². The summed E-state index contributed by atoms with van der Waals surface area (Å²) >= 11 is 0. The van der Waals surface area contributed by atoms with Crippen molar-refractivity contribution >= 4 is 5.91 Å². The van der Waals surface area contributed by atoms with Crippen LogP contribution in [0.1, 0.15) is 22.5 Å². The van der Waals surface area contributed by atoms with E-state index in [1.54, 1.807) is 10.9 Å². The highest BCUT2D eigenvalue weighted by Crippen LogP contribution is 2.11. The second-order valence-electron chi connectivity index (χ2n) is 4.62. The Morgan fingerprint density at radius 1 is 1.25 bits per heavy atom. The molecule has 2 rings (SSSR count). The van der Waals surface area contributed by atoms with Crippen molar-refractivity contribution in [1.29, 1.82) is 0 Å². The Bertz CT molecular complexity index is 563. The molecule has 20 heavy (non-hydrogen) atoms. The Morgan fingerprint density at radius 2 is 2.00 bits per heavy atom. The van der Waals surface area contributed by atoms with Gasteiger partial charge in [0.15, 0.2) is 0 Å². The van der Waals surface area contributed by atoms with Crippen LogP contribution in [0.2, 0.25) is 0 Å². The van der Waals surface area contributed by atoms with E-state index in [0.29, 0.717) is 12.1 Å². The fourth-order valence-corrected chi connectivity index (χ4v) is 1.96. The van der Waals surface area contributed by atoms with Gasteiger partial charge in [-0.2, -0.15) is 5.10 Å². The monoisotopic (exact) mass is 272 g/mol. The van der Waals surface area contributed by atoms with E-state index in [9.17, 15) is 4.79 Å². The number of amides is 1. The Hall–Kier alpha value is -2.14. The van der Waals surface area contributed by atoms with Crippen LogP contribution in [0.3, 0.4) is 0 Å². The highest BCUT2D eigenvalue weighted by molar-refractivity contribution is 5.95. The number of aryl methyl sites for hydroxylation is 1. The van der Waals surface area contributed by atoms with Gasteiger partial charge in [-0.1, -0.05) is 18.2 Å². The van der Waals surface area contributed by atoms with Crippen LogP contribution in [0.25, 0.3) is 5.69 Å². The lowest BCUT2D eigenvalue weighted by molar-refractivity contribution is 0.0952. The summed E-state index contributed by atoms with van der Waals surface area (Å²) in [5.41, 5.74) is 2.31. The summed E-state index contributed by atoms with van der Waals surface area (Å²) in [5.74, 6) is -0.0687. The SMILES string of the molecule is CNCCCNC(=O)c1cn(-c2ccccc2)nc1C. The smallest absolute Gasteiger partial charge is 0.254 e. The molecular weight excluding hydrogens is 252 g/mol. The standard InChI is InChI=1S/C15H20N4O/c1-12-14(15(20)17-10-6-9-16-2)11-19(18-12)13-7-4-3-5-8-13/h3-5,7-8,11,16H,6,9-10H2,1-2H3,(H,17,20). The molecule has 1 heterocycles. The molecule has 1 aromatic heterocycles. The fraction of sp³-hybridized carbons (Fsp3) is 0.333. The Balaban J connectivity index is 2.06. The van der Waals surface area contributed by atoms with E-state index >= 15 is 0 Å². The average molecular weight is 272 g/mol. The molecule has 0 saturated carbocycles. The summed E-state index contributed by atoms with van der Waals surface area (Å²) in [4.78, 5) is 12.1. The van der Waals surface area contributed by atoms with Crippen LogP contribution in [-0.2, 0) is 0 Å². The molecule has 5 heteroatoms. The maximum absolute atomic E-state index is 12.1. The van der Waals surface area contributed by atoms with Crippen molar-refractivity contribution in [3.8, 4) is 5.69 Å². The fourth-order valence-electron chi connectivity index (χ4n) is 1.96. The van der Waals surface area contributed by atoms with E-state index in [-0.39, 0.29) is 5.91 Å². The number of carbonyl (C=O) groups is 1. The van der Waals surface area contributed by atoms with E-state index in [0.717, 1.165) is 24.3 Å². The van der Waals surface area contributed by atoms with Crippen LogP contribution >= 0.6 is 0 Å². The number of hydrogen-bond acceptors (Lipinski definition) is 3. The number of benzene rings is 1. The largest absolute Gasteiger partial charge is 0.352 e. The first kappa shape index (κ1) is 14.3. The first-order chi connectivity index (χ1) is 9.72. The third-order valence-corrected chi connectivity index (χ3v) is 3.05. The molecule has 2 N–H and O–H groups in total. The van der Waals surface area contributed by atoms with Crippen LogP contribution < -0.4 is 10.6 Å². The summed E-state index contributed by atoms with van der Waals surface area (Å²) in [6.07, 6.45) is 2.69. The van der Waals surface area contributed by atoms with E-state index in [2.05, 4.69) is 15.7 Å². The highest BCUT2D eigenvalue weighted by atomic mass is 16.1. The molecule has 5 nitrogen and oxygen atoms in total. The van der Waals surface area contributed by atoms with Crippen LogP contribution in [0, 0.1) is 6.92 Å². The van der Waals surface area contributed by atoms with Gasteiger partial charge in [0.05, 0.1) is 16.9 Å². The van der Waals surface area contributed by atoms with Crippen LogP contribution in [0.15, 0.2) is 36.5 Å². The second kappa shape index (κ2) is 6.86. The van der Waals surface area contributed by atoms with Gasteiger partial charge in [-0.25, -0.2) is 4.68 Å². The van der Waals surface area contributed by atoms with Crippen LogP contribution in [0.4, 0.5) is 0 Å². The zero-order chi connectivity index (χ0) is 14.4. The molecule has 106 valence electrons. The van der Waals surface area contributed by atoms with Gasteiger partial charge in [0.1, 0.15) is 0 Å². The Kier molecular flexibility index (Phi) is 4.90. The van der Waals surface area contributed by atoms with Gasteiger partial charge in [-0.3, -0.25) is 4.79 Å². The quantitative estimate of drug-likeness (QED) is 0.784. The molecule has 1 amide bonds. The van der Waals surface area contributed by atoms with Crippen molar-refractivity contribution in [2.75, 3.05) is 20.1 Å². The number of rotatable bonds is 6. The lowest BCUT2D eigenvalue weighted by Gasteiger charge is -2.03. The molecule has 0 saturated heterocycles. The van der Waals surface area contributed by atoms with Crippen molar-refractivity contribution in [2.24, 2.45) is 0 Å². The lowest BCUT2D eigenvalue weighted by atomic mass is 10.2. The minimum absolute atomic E-state index is 0.0687. The zero-order valence-electron chi connectivity index (χ0n) is 11.9. The third kappa shape index (κ3) is 3.45. The second-order valence-corrected chi connectivity index (χ2v) is 4.62. The number of carbonyl (C=O) groups excluding carboxylic acids is 1. The minimum Gasteiger partial charge on any atom is -0.352 e. The highest BCUT2D eigenvalue weighted by Gasteiger charge is 2.13. The number of hydrogen-bond donors (Lipinski definition) is 2. The first-order valence-electron chi connectivity index (χ1n) is 6.77. The Labute approximate surface area is 119 Å². The molecule has 0 aliphatic heterocycles. The molecule has 2 aromatic rings. The van der Waals surface area contributed by atoms with Gasteiger partial charge >= 0.3 is 0 Å². The molecule has 0 spiro atoms. The van der Waals surface area contributed by atoms with Gasteiger partial charge < -0.3 is 10.6 Å². The molecule has 0 aliphatic carbocycles. The van der Waals surface area contributed by atoms with Gasteiger partial charge in [0.2, 0.25) is 0 Å². The number of para-hydroxylation sites is 1. The number of aromatic nitrogens is 2. The van der Waals surface area contributed by atoms with Crippen molar-refractivity contribution in [3.05, 3.63) is 47.8 Å². The molecule has 0 atom stereocenters. The van der Waals surface area contributed by atoms with Crippen molar-refractivity contribution in [3.63, 3.8) is 0 Å². The lowest BCUT2D eigenvalue weighted by Crippen LogP contribution is -2.26. The summed E-state index contributed by atoms with van der Waals surface area (Å²) in [7, 11) is 1.90. The summed E-state index contributed by atoms with van der Waals surface area (Å²) < 4.78 is 1.73. The number of nitrogens with zero attached hydrogens (tertiary/aromatic N) is 2. The van der Waals surface area contributed by atoms with Gasteiger partial charge in [0, 0.05) is 12.7 Å². The summed E-state index contributed by atoms with van der Waals surface area (Å²) in [6.45, 7) is 3.40. The van der Waals surface area contributed by atoms with Crippen molar-refractivity contribution in [1.82, 2.24) is 20.4 Å². The maximum atomic E-state index is 12.1. The van der Waals surface area contributed by atoms with E-state index in [4.69, 9.17) is 0 Å². The zero-order valence-corrected chi connectivity index (χ0v) is 11.9. The maximum Gasteiger partial charge on any atom is 0.254 e. The molecule has 0 bridgehead atoms.